The van der Waals surface area contributed by atoms with Crippen LogP contribution in [0.3, 0.4) is 0 Å². The normalized spacial score (nSPS) is 13.5. The number of nitrogens with zero attached hydrogens (tertiary/aromatic N) is 1. The fourth-order valence-electron chi connectivity index (χ4n) is 1.30. The van der Waals surface area contributed by atoms with Crippen LogP contribution in [0.5, 0.6) is 5.75 Å². The van der Waals surface area contributed by atoms with Crippen molar-refractivity contribution in [2.24, 2.45) is 10.9 Å². The van der Waals surface area contributed by atoms with Crippen LogP contribution in [0.4, 0.5) is 0 Å². The molecule has 1 atom stereocenters. The molecule has 1 aromatic rings. The SMILES string of the molecule is COc1ccc(C(C)NCC(N)=NO)cc1. The van der Waals surface area contributed by atoms with Gasteiger partial charge in [-0.25, -0.2) is 0 Å². The Bertz CT molecular complexity index is 349. The van der Waals surface area contributed by atoms with Crippen LogP contribution in [0.25, 0.3) is 0 Å². The largest absolute Gasteiger partial charge is 0.497 e. The first-order valence-electron chi connectivity index (χ1n) is 5.01. The van der Waals surface area contributed by atoms with E-state index in [-0.39, 0.29) is 11.9 Å². The van der Waals surface area contributed by atoms with Crippen LogP contribution in [-0.2, 0) is 0 Å². The van der Waals surface area contributed by atoms with Crippen LogP contribution in [0, 0.1) is 0 Å². The predicted octanol–water partition coefficient (Wildman–Crippen LogP) is 1.09. The fraction of sp³-hybridized carbons (Fsp3) is 0.364. The maximum absolute atomic E-state index is 8.39. The summed E-state index contributed by atoms with van der Waals surface area (Å²) < 4.78 is 5.07. The van der Waals surface area contributed by atoms with Gasteiger partial charge in [0.1, 0.15) is 5.75 Å². The van der Waals surface area contributed by atoms with Crippen LogP contribution in [-0.4, -0.2) is 24.7 Å². The van der Waals surface area contributed by atoms with Gasteiger partial charge in [0.2, 0.25) is 0 Å². The van der Waals surface area contributed by atoms with Crippen molar-refractivity contribution in [3.8, 4) is 5.75 Å². The molecule has 0 aliphatic heterocycles. The fourth-order valence-corrected chi connectivity index (χ4v) is 1.30. The van der Waals surface area contributed by atoms with E-state index in [4.69, 9.17) is 15.7 Å². The van der Waals surface area contributed by atoms with Gasteiger partial charge in [0.25, 0.3) is 0 Å². The Hall–Kier alpha value is -1.75. The summed E-state index contributed by atoms with van der Waals surface area (Å²) in [5, 5.41) is 14.4. The van der Waals surface area contributed by atoms with Crippen molar-refractivity contribution in [3.05, 3.63) is 29.8 Å². The molecule has 0 aliphatic rings. The molecule has 1 rings (SSSR count). The molecule has 1 unspecified atom stereocenters. The molecule has 88 valence electrons. The average molecular weight is 223 g/mol. The van der Waals surface area contributed by atoms with Crippen molar-refractivity contribution in [1.82, 2.24) is 5.32 Å². The van der Waals surface area contributed by atoms with E-state index in [1.54, 1.807) is 7.11 Å². The molecule has 0 amide bonds. The van der Waals surface area contributed by atoms with Gasteiger partial charge >= 0.3 is 0 Å². The molecule has 5 nitrogen and oxygen atoms in total. The van der Waals surface area contributed by atoms with Crippen LogP contribution in [0.1, 0.15) is 18.5 Å². The molecule has 0 bridgehead atoms. The van der Waals surface area contributed by atoms with Crippen molar-refractivity contribution >= 4 is 5.84 Å². The Morgan fingerprint density at radius 1 is 1.50 bits per heavy atom. The summed E-state index contributed by atoms with van der Waals surface area (Å²) in [5.74, 6) is 0.993. The minimum Gasteiger partial charge on any atom is -0.497 e. The van der Waals surface area contributed by atoms with Gasteiger partial charge in [-0.1, -0.05) is 17.3 Å². The summed E-state index contributed by atoms with van der Waals surface area (Å²) in [5.41, 5.74) is 6.48. The average Bonchev–Trinajstić information content (AvgIpc) is 2.35. The highest BCUT2D eigenvalue weighted by molar-refractivity contribution is 5.81. The van der Waals surface area contributed by atoms with Gasteiger partial charge in [0.05, 0.1) is 13.7 Å². The zero-order chi connectivity index (χ0) is 12.0. The number of methoxy groups -OCH3 is 1. The summed E-state index contributed by atoms with van der Waals surface area (Å²) in [4.78, 5) is 0. The third kappa shape index (κ3) is 3.43. The molecule has 0 saturated carbocycles. The van der Waals surface area contributed by atoms with E-state index in [1.165, 1.54) is 0 Å². The van der Waals surface area contributed by atoms with Crippen LogP contribution < -0.4 is 15.8 Å². The first-order valence-corrected chi connectivity index (χ1v) is 5.01. The van der Waals surface area contributed by atoms with Gasteiger partial charge in [-0.2, -0.15) is 0 Å². The molecule has 0 saturated heterocycles. The Morgan fingerprint density at radius 2 is 2.12 bits per heavy atom. The number of amidine groups is 1. The van der Waals surface area contributed by atoms with E-state index in [9.17, 15) is 0 Å². The van der Waals surface area contributed by atoms with E-state index in [1.807, 2.05) is 31.2 Å². The number of nitrogens with two attached hydrogens (primary N) is 1. The first kappa shape index (κ1) is 12.3. The third-order valence-electron chi connectivity index (χ3n) is 2.33. The van der Waals surface area contributed by atoms with Crippen LogP contribution in [0.2, 0.25) is 0 Å². The second kappa shape index (κ2) is 5.97. The zero-order valence-electron chi connectivity index (χ0n) is 9.47. The second-order valence-electron chi connectivity index (χ2n) is 3.47. The van der Waals surface area contributed by atoms with E-state index < -0.39 is 0 Å². The topological polar surface area (TPSA) is 79.9 Å². The van der Waals surface area contributed by atoms with Gasteiger partial charge in [-0.3, -0.25) is 0 Å². The summed E-state index contributed by atoms with van der Waals surface area (Å²) in [7, 11) is 1.63. The third-order valence-corrected chi connectivity index (χ3v) is 2.33. The lowest BCUT2D eigenvalue weighted by atomic mass is 10.1. The number of ether oxygens (including phenoxy) is 1. The summed E-state index contributed by atoms with van der Waals surface area (Å²) in [6.07, 6.45) is 0. The Balaban J connectivity index is 2.55. The Kier molecular flexibility index (Phi) is 4.60. The molecule has 0 heterocycles. The molecule has 0 fully saturated rings. The lowest BCUT2D eigenvalue weighted by Gasteiger charge is -2.13. The van der Waals surface area contributed by atoms with Gasteiger partial charge in [0, 0.05) is 6.04 Å². The van der Waals surface area contributed by atoms with Gasteiger partial charge < -0.3 is 21.0 Å². The highest BCUT2D eigenvalue weighted by Gasteiger charge is 2.05. The van der Waals surface area contributed by atoms with Gasteiger partial charge in [0.15, 0.2) is 5.84 Å². The lowest BCUT2D eigenvalue weighted by molar-refractivity contribution is 0.316. The summed E-state index contributed by atoms with van der Waals surface area (Å²) in [6.45, 7) is 2.36. The molecule has 5 heteroatoms. The van der Waals surface area contributed by atoms with Crippen LogP contribution >= 0.6 is 0 Å². The summed E-state index contributed by atoms with van der Waals surface area (Å²) in [6, 6.07) is 7.88. The smallest absolute Gasteiger partial charge is 0.153 e. The first-order chi connectivity index (χ1) is 7.67. The standard InChI is InChI=1S/C11H17N3O2/c1-8(13-7-11(12)14-15)9-3-5-10(16-2)6-4-9/h3-6,8,13,15H,7H2,1-2H3,(H2,12,14). The number of oxime groups is 1. The van der Waals surface area contributed by atoms with E-state index in [0.717, 1.165) is 11.3 Å². The molecule has 16 heavy (non-hydrogen) atoms. The van der Waals surface area contributed by atoms with Crippen LogP contribution in [0.15, 0.2) is 29.4 Å². The summed E-state index contributed by atoms with van der Waals surface area (Å²) >= 11 is 0. The number of rotatable bonds is 5. The predicted molar refractivity (Wildman–Crippen MR) is 62.8 cm³/mol. The number of hydrogen-bond donors (Lipinski definition) is 3. The highest BCUT2D eigenvalue weighted by Crippen LogP contribution is 2.16. The van der Waals surface area contributed by atoms with E-state index in [0.29, 0.717) is 6.54 Å². The van der Waals surface area contributed by atoms with Crippen molar-refractivity contribution in [3.63, 3.8) is 0 Å². The maximum atomic E-state index is 8.39. The molecule has 1 aromatic carbocycles. The molecule has 0 aliphatic carbocycles. The number of hydrogen-bond acceptors (Lipinski definition) is 4. The van der Waals surface area contributed by atoms with Crippen molar-refractivity contribution in [1.29, 1.82) is 0 Å². The van der Waals surface area contributed by atoms with E-state index in [2.05, 4.69) is 10.5 Å². The monoisotopic (exact) mass is 223 g/mol. The van der Waals surface area contributed by atoms with Gasteiger partial charge in [-0.15, -0.1) is 0 Å². The van der Waals surface area contributed by atoms with E-state index >= 15 is 0 Å². The molecule has 0 radical (unpaired) electrons. The molecule has 0 aromatic heterocycles. The quantitative estimate of drug-likeness (QED) is 0.302. The molecular weight excluding hydrogens is 206 g/mol. The van der Waals surface area contributed by atoms with Crippen molar-refractivity contribution < 1.29 is 9.94 Å². The number of nitrogens with one attached hydrogen (secondary N) is 1. The maximum Gasteiger partial charge on any atom is 0.153 e. The van der Waals surface area contributed by atoms with Crippen molar-refractivity contribution in [2.75, 3.05) is 13.7 Å². The Labute approximate surface area is 94.9 Å². The minimum atomic E-state index is 0.131. The minimum absolute atomic E-state index is 0.131. The lowest BCUT2D eigenvalue weighted by Crippen LogP contribution is -2.30. The number of benzene rings is 1. The Morgan fingerprint density at radius 3 is 2.62 bits per heavy atom. The molecule has 4 N–H and O–H groups in total. The van der Waals surface area contributed by atoms with Gasteiger partial charge in [-0.05, 0) is 24.6 Å². The highest BCUT2D eigenvalue weighted by atomic mass is 16.5. The molecule has 0 spiro atoms. The molecular formula is C11H17N3O2. The second-order valence-corrected chi connectivity index (χ2v) is 3.47. The zero-order valence-corrected chi connectivity index (χ0v) is 9.47. The van der Waals surface area contributed by atoms with Crippen molar-refractivity contribution in [2.45, 2.75) is 13.0 Å².